The van der Waals surface area contributed by atoms with Crippen LogP contribution in [0.4, 0.5) is 5.82 Å². The molecule has 1 aliphatic rings. The first-order chi connectivity index (χ1) is 10.6. The quantitative estimate of drug-likeness (QED) is 0.936. The van der Waals surface area contributed by atoms with Crippen LogP contribution in [-0.4, -0.2) is 53.1 Å². The van der Waals surface area contributed by atoms with Gasteiger partial charge in [0.2, 0.25) is 5.91 Å². The molecule has 2 aromatic rings. The molecule has 1 N–H and O–H groups in total. The first kappa shape index (κ1) is 15.2. The predicted octanol–water partition coefficient (Wildman–Crippen LogP) is 1.97. The number of thiophene rings is 1. The third kappa shape index (κ3) is 2.91. The van der Waals surface area contributed by atoms with Crippen molar-refractivity contribution in [2.75, 3.05) is 31.6 Å². The van der Waals surface area contributed by atoms with Gasteiger partial charge in [-0.05, 0) is 31.7 Å². The smallest absolute Gasteiger partial charge is 0.244 e. The summed E-state index contributed by atoms with van der Waals surface area (Å²) in [6, 6.07) is -0.324. The molecule has 3 heterocycles. The average molecular weight is 320 g/mol. The van der Waals surface area contributed by atoms with Gasteiger partial charge < -0.3 is 15.0 Å². The van der Waals surface area contributed by atoms with Gasteiger partial charge >= 0.3 is 0 Å². The number of rotatable bonds is 3. The van der Waals surface area contributed by atoms with E-state index in [0.717, 1.165) is 21.6 Å². The molecule has 0 bridgehead atoms. The molecule has 7 heteroatoms. The Hall–Kier alpha value is -1.73. The number of carbonyl (C=O) groups excluding carboxylic acids is 1. The van der Waals surface area contributed by atoms with Gasteiger partial charge in [0.05, 0.1) is 18.6 Å². The van der Waals surface area contributed by atoms with Crippen molar-refractivity contribution < 1.29 is 9.53 Å². The van der Waals surface area contributed by atoms with E-state index in [9.17, 15) is 4.79 Å². The highest BCUT2D eigenvalue weighted by atomic mass is 32.1. The second-order valence-electron chi connectivity index (χ2n) is 5.52. The molecule has 2 aromatic heterocycles. The summed E-state index contributed by atoms with van der Waals surface area (Å²) in [7, 11) is 0. The van der Waals surface area contributed by atoms with Gasteiger partial charge in [0, 0.05) is 13.1 Å². The zero-order valence-electron chi connectivity index (χ0n) is 13.0. The molecule has 22 heavy (non-hydrogen) atoms. The van der Waals surface area contributed by atoms with Gasteiger partial charge in [-0.2, -0.15) is 0 Å². The number of amides is 1. The Morgan fingerprint density at radius 3 is 2.82 bits per heavy atom. The Morgan fingerprint density at radius 1 is 1.36 bits per heavy atom. The number of aryl methyl sites for hydroxylation is 2. The van der Waals surface area contributed by atoms with Crippen molar-refractivity contribution in [2.24, 2.45) is 0 Å². The highest BCUT2D eigenvalue weighted by Crippen LogP contribution is 2.29. The lowest BCUT2D eigenvalue weighted by molar-refractivity contribution is -0.135. The van der Waals surface area contributed by atoms with Crippen LogP contribution in [0.15, 0.2) is 5.38 Å². The number of morpholine rings is 1. The molecule has 0 unspecified atom stereocenters. The fourth-order valence-electron chi connectivity index (χ4n) is 2.62. The Bertz CT molecular complexity index is 694. The van der Waals surface area contributed by atoms with E-state index in [1.807, 2.05) is 25.7 Å². The fraction of sp³-hybridized carbons (Fsp3) is 0.533. The van der Waals surface area contributed by atoms with E-state index >= 15 is 0 Å². The molecule has 0 radical (unpaired) electrons. The second-order valence-corrected chi connectivity index (χ2v) is 6.38. The maximum atomic E-state index is 12.5. The van der Waals surface area contributed by atoms with Crippen molar-refractivity contribution >= 4 is 33.3 Å². The maximum Gasteiger partial charge on any atom is 0.244 e. The number of hydrogen-bond acceptors (Lipinski definition) is 6. The summed E-state index contributed by atoms with van der Waals surface area (Å²) in [6.07, 6.45) is 0. The van der Waals surface area contributed by atoms with Crippen molar-refractivity contribution in [3.8, 4) is 0 Å². The minimum Gasteiger partial charge on any atom is -0.378 e. The van der Waals surface area contributed by atoms with Crippen LogP contribution >= 0.6 is 11.3 Å². The number of carbonyl (C=O) groups is 1. The lowest BCUT2D eigenvalue weighted by atomic mass is 10.2. The molecule has 0 saturated carbocycles. The molecular formula is C15H20N4O2S. The number of nitrogens with one attached hydrogen (secondary N) is 1. The first-order valence-electron chi connectivity index (χ1n) is 7.42. The van der Waals surface area contributed by atoms with Crippen molar-refractivity contribution in [1.29, 1.82) is 0 Å². The normalized spacial score (nSPS) is 16.8. The number of fused-ring (bicyclic) bond motifs is 1. The SMILES string of the molecule is Cc1nc(N[C@H](C)C(=O)N2CCOCC2)c2c(C)csc2n1. The van der Waals surface area contributed by atoms with E-state index in [0.29, 0.717) is 32.1 Å². The Kier molecular flexibility index (Phi) is 4.26. The van der Waals surface area contributed by atoms with Gasteiger partial charge in [-0.3, -0.25) is 4.79 Å². The van der Waals surface area contributed by atoms with Gasteiger partial charge in [-0.25, -0.2) is 9.97 Å². The highest BCUT2D eigenvalue weighted by Gasteiger charge is 2.23. The summed E-state index contributed by atoms with van der Waals surface area (Å²) in [5.74, 6) is 1.54. The van der Waals surface area contributed by atoms with Crippen LogP contribution in [0.1, 0.15) is 18.3 Å². The maximum absolute atomic E-state index is 12.5. The van der Waals surface area contributed by atoms with Crippen LogP contribution in [0.25, 0.3) is 10.2 Å². The molecule has 1 fully saturated rings. The predicted molar refractivity (Wildman–Crippen MR) is 87.4 cm³/mol. The molecule has 118 valence electrons. The molecule has 0 aliphatic carbocycles. The summed E-state index contributed by atoms with van der Waals surface area (Å²) >= 11 is 1.60. The summed E-state index contributed by atoms with van der Waals surface area (Å²) in [6.45, 7) is 8.31. The Balaban J connectivity index is 1.82. The number of ether oxygens (including phenoxy) is 1. The lowest BCUT2D eigenvalue weighted by Gasteiger charge is -2.29. The van der Waals surface area contributed by atoms with Crippen LogP contribution in [0.2, 0.25) is 0 Å². The van der Waals surface area contributed by atoms with Crippen LogP contribution in [-0.2, 0) is 9.53 Å². The van der Waals surface area contributed by atoms with Gasteiger partial charge in [0.1, 0.15) is 22.5 Å². The molecule has 1 aliphatic heterocycles. The molecule has 1 amide bonds. The van der Waals surface area contributed by atoms with E-state index in [2.05, 4.69) is 20.7 Å². The Labute approximate surface area is 133 Å². The molecule has 3 rings (SSSR count). The average Bonchev–Trinajstić information content (AvgIpc) is 2.88. The minimum atomic E-state index is -0.324. The van der Waals surface area contributed by atoms with Crippen LogP contribution < -0.4 is 5.32 Å². The van der Waals surface area contributed by atoms with Crippen LogP contribution in [0.5, 0.6) is 0 Å². The summed E-state index contributed by atoms with van der Waals surface area (Å²) < 4.78 is 5.29. The topological polar surface area (TPSA) is 67.4 Å². The van der Waals surface area contributed by atoms with E-state index in [1.54, 1.807) is 11.3 Å². The number of nitrogens with zero attached hydrogens (tertiary/aromatic N) is 3. The third-order valence-corrected chi connectivity index (χ3v) is 4.77. The molecule has 0 spiro atoms. The van der Waals surface area contributed by atoms with Crippen LogP contribution in [0, 0.1) is 13.8 Å². The minimum absolute atomic E-state index is 0.0839. The number of anilines is 1. The summed E-state index contributed by atoms with van der Waals surface area (Å²) in [5, 5.41) is 6.35. The number of hydrogen-bond donors (Lipinski definition) is 1. The molecule has 1 atom stereocenters. The van der Waals surface area contributed by atoms with Crippen molar-refractivity contribution in [1.82, 2.24) is 14.9 Å². The summed E-state index contributed by atoms with van der Waals surface area (Å²) in [5.41, 5.74) is 1.13. The number of aromatic nitrogens is 2. The standard InChI is InChI=1S/C15H20N4O2S/c1-9-8-22-14-12(9)13(17-11(3)18-14)16-10(2)15(20)19-4-6-21-7-5-19/h8,10H,4-7H2,1-3H3,(H,16,17,18)/t10-/m1/s1. The first-order valence-corrected chi connectivity index (χ1v) is 8.29. The van der Waals surface area contributed by atoms with Crippen molar-refractivity contribution in [2.45, 2.75) is 26.8 Å². The Morgan fingerprint density at radius 2 is 2.09 bits per heavy atom. The van der Waals surface area contributed by atoms with E-state index < -0.39 is 0 Å². The monoisotopic (exact) mass is 320 g/mol. The zero-order chi connectivity index (χ0) is 15.7. The highest BCUT2D eigenvalue weighted by molar-refractivity contribution is 7.17. The van der Waals surface area contributed by atoms with Crippen molar-refractivity contribution in [3.05, 3.63) is 16.8 Å². The van der Waals surface area contributed by atoms with E-state index in [-0.39, 0.29) is 11.9 Å². The lowest BCUT2D eigenvalue weighted by Crippen LogP contribution is -2.47. The molecule has 0 aromatic carbocycles. The van der Waals surface area contributed by atoms with Gasteiger partial charge in [0.15, 0.2) is 0 Å². The fourth-order valence-corrected chi connectivity index (χ4v) is 3.59. The summed E-state index contributed by atoms with van der Waals surface area (Å²) in [4.78, 5) is 24.3. The van der Waals surface area contributed by atoms with Gasteiger partial charge in [-0.15, -0.1) is 11.3 Å². The second kappa shape index (κ2) is 6.18. The molecular weight excluding hydrogens is 300 g/mol. The molecule has 6 nitrogen and oxygen atoms in total. The zero-order valence-corrected chi connectivity index (χ0v) is 13.9. The van der Waals surface area contributed by atoms with E-state index in [4.69, 9.17) is 4.74 Å². The largest absolute Gasteiger partial charge is 0.378 e. The molecule has 1 saturated heterocycles. The van der Waals surface area contributed by atoms with Crippen LogP contribution in [0.3, 0.4) is 0 Å². The van der Waals surface area contributed by atoms with Gasteiger partial charge in [-0.1, -0.05) is 0 Å². The van der Waals surface area contributed by atoms with Crippen molar-refractivity contribution in [3.63, 3.8) is 0 Å². The van der Waals surface area contributed by atoms with Gasteiger partial charge in [0.25, 0.3) is 0 Å². The van der Waals surface area contributed by atoms with E-state index in [1.165, 1.54) is 0 Å². The third-order valence-electron chi connectivity index (χ3n) is 3.78.